The Hall–Kier alpha value is -2.26. The molecule has 0 fully saturated rings. The summed E-state index contributed by atoms with van der Waals surface area (Å²) in [5, 5.41) is 7.76. The molecule has 1 amide bonds. The molecular formula is C18H14ClF3N4OS. The van der Waals surface area contributed by atoms with E-state index in [9.17, 15) is 18.0 Å². The number of alkyl halides is 3. The van der Waals surface area contributed by atoms with Crippen LogP contribution in [0.3, 0.4) is 0 Å². The van der Waals surface area contributed by atoms with Crippen LogP contribution in [0.4, 0.5) is 13.2 Å². The van der Waals surface area contributed by atoms with Crippen LogP contribution < -0.4 is 0 Å². The highest BCUT2D eigenvalue weighted by Crippen LogP contribution is 2.33. The van der Waals surface area contributed by atoms with Gasteiger partial charge in [-0.3, -0.25) is 9.20 Å². The number of amides is 1. The van der Waals surface area contributed by atoms with Crippen molar-refractivity contribution in [1.82, 2.24) is 19.5 Å². The van der Waals surface area contributed by atoms with E-state index in [1.807, 2.05) is 18.2 Å². The highest BCUT2D eigenvalue weighted by Gasteiger charge is 2.32. The number of aromatic nitrogens is 3. The van der Waals surface area contributed by atoms with Crippen LogP contribution in [0.1, 0.15) is 16.7 Å². The predicted molar refractivity (Wildman–Crippen MR) is 99.3 cm³/mol. The highest BCUT2D eigenvalue weighted by atomic mass is 35.5. The lowest BCUT2D eigenvalue weighted by atomic mass is 10.00. The molecule has 2 aromatic heterocycles. The van der Waals surface area contributed by atoms with Crippen LogP contribution in [0, 0.1) is 0 Å². The zero-order valence-electron chi connectivity index (χ0n) is 14.4. The molecule has 10 heteroatoms. The van der Waals surface area contributed by atoms with E-state index in [2.05, 4.69) is 16.3 Å². The molecule has 0 aliphatic carbocycles. The Bertz CT molecular complexity index is 1050. The van der Waals surface area contributed by atoms with E-state index in [0.717, 1.165) is 36.0 Å². The lowest BCUT2D eigenvalue weighted by molar-refractivity contribution is -0.138. The summed E-state index contributed by atoms with van der Waals surface area (Å²) in [5.41, 5.74) is 1.57. The number of halogens is 4. The second kappa shape index (κ2) is 7.29. The molecular weight excluding hydrogens is 413 g/mol. The van der Waals surface area contributed by atoms with Crippen molar-refractivity contribution in [3.63, 3.8) is 0 Å². The second-order valence-corrected chi connectivity index (χ2v) is 7.72. The fourth-order valence-electron chi connectivity index (χ4n) is 3.11. The minimum absolute atomic E-state index is 0.0524. The molecule has 0 radical (unpaired) electrons. The third kappa shape index (κ3) is 3.68. The molecule has 0 N–H and O–H groups in total. The van der Waals surface area contributed by atoms with Crippen LogP contribution in [0.5, 0.6) is 0 Å². The number of carbonyl (C=O) groups excluding carboxylic acids is 1. The molecule has 0 spiro atoms. The number of fused-ring (bicyclic) bond motifs is 2. The first kappa shape index (κ1) is 19.1. The average Bonchev–Trinajstić information content (AvgIpc) is 3.08. The second-order valence-electron chi connectivity index (χ2n) is 6.37. The monoisotopic (exact) mass is 426 g/mol. The van der Waals surface area contributed by atoms with Gasteiger partial charge < -0.3 is 4.90 Å². The average molecular weight is 427 g/mol. The van der Waals surface area contributed by atoms with Crippen LogP contribution in [0.2, 0.25) is 5.02 Å². The van der Waals surface area contributed by atoms with Crippen molar-refractivity contribution in [2.45, 2.75) is 24.3 Å². The van der Waals surface area contributed by atoms with Crippen molar-refractivity contribution in [3.05, 3.63) is 58.2 Å². The Morgan fingerprint density at radius 1 is 1.21 bits per heavy atom. The number of hydrogen-bond acceptors (Lipinski definition) is 4. The third-order valence-corrected chi connectivity index (χ3v) is 5.77. The first-order valence-corrected chi connectivity index (χ1v) is 9.78. The molecule has 0 atom stereocenters. The number of thioether (sulfide) groups is 1. The maximum Gasteiger partial charge on any atom is 0.417 e. The molecule has 0 unspecified atom stereocenters. The smallest absolute Gasteiger partial charge is 0.337 e. The molecule has 1 aromatic carbocycles. The van der Waals surface area contributed by atoms with E-state index in [1.54, 1.807) is 4.90 Å². The molecule has 146 valence electrons. The molecule has 0 saturated heterocycles. The van der Waals surface area contributed by atoms with E-state index in [-0.39, 0.29) is 27.5 Å². The summed E-state index contributed by atoms with van der Waals surface area (Å²) in [6.07, 6.45) is -2.86. The first-order chi connectivity index (χ1) is 13.3. The molecule has 3 aromatic rings. The van der Waals surface area contributed by atoms with Crippen LogP contribution in [-0.2, 0) is 23.9 Å². The summed E-state index contributed by atoms with van der Waals surface area (Å²) in [6.45, 7) is 1.14. The van der Waals surface area contributed by atoms with Crippen molar-refractivity contribution in [2.75, 3.05) is 12.3 Å². The van der Waals surface area contributed by atoms with Crippen LogP contribution in [-0.4, -0.2) is 37.7 Å². The van der Waals surface area contributed by atoms with E-state index in [4.69, 9.17) is 11.6 Å². The summed E-state index contributed by atoms with van der Waals surface area (Å²) >= 11 is 6.95. The van der Waals surface area contributed by atoms with Gasteiger partial charge >= 0.3 is 6.18 Å². The summed E-state index contributed by atoms with van der Waals surface area (Å²) in [7, 11) is 0. The van der Waals surface area contributed by atoms with Gasteiger partial charge in [-0.2, -0.15) is 13.2 Å². The quantitative estimate of drug-likeness (QED) is 0.592. The normalized spacial score (nSPS) is 14.4. The number of carbonyl (C=O) groups is 1. The van der Waals surface area contributed by atoms with Gasteiger partial charge in [0.2, 0.25) is 5.91 Å². The zero-order valence-corrected chi connectivity index (χ0v) is 16.0. The molecule has 0 saturated carbocycles. The number of hydrogen-bond donors (Lipinski definition) is 0. The van der Waals surface area contributed by atoms with Gasteiger partial charge in [0, 0.05) is 19.3 Å². The van der Waals surface area contributed by atoms with Crippen molar-refractivity contribution >= 4 is 34.9 Å². The molecule has 0 bridgehead atoms. The predicted octanol–water partition coefficient (Wildman–Crippen LogP) is 4.08. The van der Waals surface area contributed by atoms with Crippen molar-refractivity contribution in [2.24, 2.45) is 0 Å². The van der Waals surface area contributed by atoms with Gasteiger partial charge in [0.1, 0.15) is 0 Å². The number of benzene rings is 1. The Labute approximate surface area is 167 Å². The van der Waals surface area contributed by atoms with Crippen molar-refractivity contribution < 1.29 is 18.0 Å². The Kier molecular flexibility index (Phi) is 4.96. The minimum atomic E-state index is -4.54. The first-order valence-electron chi connectivity index (χ1n) is 8.42. The molecule has 1 aliphatic heterocycles. The fraction of sp³-hybridized carbons (Fsp3) is 0.278. The van der Waals surface area contributed by atoms with Crippen LogP contribution in [0.15, 0.2) is 41.7 Å². The van der Waals surface area contributed by atoms with E-state index >= 15 is 0 Å². The zero-order chi connectivity index (χ0) is 19.9. The summed E-state index contributed by atoms with van der Waals surface area (Å²) in [4.78, 5) is 14.3. The van der Waals surface area contributed by atoms with Crippen LogP contribution >= 0.6 is 23.4 Å². The standard InChI is InChI=1S/C18H14ClF3N4OS/c19-14-7-13(18(20,21)22)9-26-16(14)23-24-17(26)28-10-15(27)25-6-5-11-3-1-2-4-12(11)8-25/h1-4,7,9H,5-6,8,10H2. The summed E-state index contributed by atoms with van der Waals surface area (Å²) in [6, 6.07) is 8.77. The lowest BCUT2D eigenvalue weighted by Gasteiger charge is -2.28. The van der Waals surface area contributed by atoms with Gasteiger partial charge in [-0.15, -0.1) is 10.2 Å². The Balaban J connectivity index is 1.50. The third-order valence-electron chi connectivity index (χ3n) is 4.56. The van der Waals surface area contributed by atoms with E-state index in [0.29, 0.717) is 13.1 Å². The molecule has 1 aliphatic rings. The van der Waals surface area contributed by atoms with Gasteiger partial charge in [-0.05, 0) is 23.6 Å². The fourth-order valence-corrected chi connectivity index (χ4v) is 4.17. The van der Waals surface area contributed by atoms with Crippen LogP contribution in [0.25, 0.3) is 5.65 Å². The topological polar surface area (TPSA) is 50.5 Å². The summed E-state index contributed by atoms with van der Waals surface area (Å²) in [5.74, 6) is -0.0501. The molecule has 4 rings (SSSR count). The van der Waals surface area contributed by atoms with Gasteiger partial charge in [0.25, 0.3) is 0 Å². The highest BCUT2D eigenvalue weighted by molar-refractivity contribution is 7.99. The Morgan fingerprint density at radius 2 is 1.96 bits per heavy atom. The van der Waals surface area contributed by atoms with E-state index in [1.165, 1.54) is 9.96 Å². The largest absolute Gasteiger partial charge is 0.417 e. The molecule has 3 heterocycles. The minimum Gasteiger partial charge on any atom is -0.337 e. The van der Waals surface area contributed by atoms with Gasteiger partial charge in [0.05, 0.1) is 16.3 Å². The van der Waals surface area contributed by atoms with Gasteiger partial charge in [-0.25, -0.2) is 0 Å². The number of pyridine rings is 1. The number of rotatable bonds is 3. The summed E-state index contributed by atoms with van der Waals surface area (Å²) < 4.78 is 40.3. The maximum atomic E-state index is 13.0. The molecule has 28 heavy (non-hydrogen) atoms. The SMILES string of the molecule is O=C(CSc1nnc2c(Cl)cc(C(F)(F)F)cn12)N1CCc2ccccc2C1. The molecule has 5 nitrogen and oxygen atoms in total. The van der Waals surface area contributed by atoms with Crippen molar-refractivity contribution in [3.8, 4) is 0 Å². The van der Waals surface area contributed by atoms with Crippen molar-refractivity contribution in [1.29, 1.82) is 0 Å². The van der Waals surface area contributed by atoms with Gasteiger partial charge in [0.15, 0.2) is 10.8 Å². The van der Waals surface area contributed by atoms with Gasteiger partial charge in [-0.1, -0.05) is 47.6 Å². The Morgan fingerprint density at radius 3 is 2.71 bits per heavy atom. The lowest BCUT2D eigenvalue weighted by Crippen LogP contribution is -2.37. The number of nitrogens with zero attached hydrogens (tertiary/aromatic N) is 4. The van der Waals surface area contributed by atoms with E-state index < -0.39 is 11.7 Å². The maximum absolute atomic E-state index is 13.0.